The molecule has 1 aliphatic rings. The number of carbonyl (C=O) groups excluding carboxylic acids is 1. The first-order chi connectivity index (χ1) is 17.0. The summed E-state index contributed by atoms with van der Waals surface area (Å²) in [6.07, 6.45) is 0.505. The van der Waals surface area contributed by atoms with Gasteiger partial charge in [0.25, 0.3) is 10.0 Å². The van der Waals surface area contributed by atoms with Crippen LogP contribution in [0.2, 0.25) is 5.02 Å². The molecule has 0 bridgehead atoms. The Morgan fingerprint density at radius 3 is 2.42 bits per heavy atom. The first-order valence-corrected chi connectivity index (χ1v) is 13.3. The molecule has 190 valence electrons. The molecule has 0 saturated heterocycles. The first kappa shape index (κ1) is 25.9. The van der Waals surface area contributed by atoms with E-state index in [2.05, 4.69) is 5.32 Å². The number of ether oxygens (including phenoxy) is 2. The second kappa shape index (κ2) is 10.0. The molecule has 0 aliphatic carbocycles. The summed E-state index contributed by atoms with van der Waals surface area (Å²) in [4.78, 5) is 13.4. The smallest absolute Gasteiger partial charge is 0.264 e. The molecule has 1 atom stereocenters. The molecule has 36 heavy (non-hydrogen) atoms. The summed E-state index contributed by atoms with van der Waals surface area (Å²) in [6.45, 7) is 5.36. The van der Waals surface area contributed by atoms with Crippen LogP contribution in [-0.2, 0) is 14.8 Å². The SMILES string of the molecule is COc1ccc2c(c1)C(NC(=O)CN(c1ccc(Cl)cc1)S(=O)(=O)c1ccc(C)cc1)CC(C)(C)O2. The van der Waals surface area contributed by atoms with Crippen molar-refractivity contribution in [3.63, 3.8) is 0 Å². The highest BCUT2D eigenvalue weighted by atomic mass is 35.5. The van der Waals surface area contributed by atoms with Crippen LogP contribution >= 0.6 is 11.6 Å². The molecule has 0 radical (unpaired) electrons. The van der Waals surface area contributed by atoms with Crippen molar-refractivity contribution in [3.05, 3.63) is 82.9 Å². The van der Waals surface area contributed by atoms with E-state index in [4.69, 9.17) is 21.1 Å². The zero-order valence-corrected chi connectivity index (χ0v) is 22.2. The average Bonchev–Trinajstić information content (AvgIpc) is 2.82. The molecule has 0 aromatic heterocycles. The maximum atomic E-state index is 13.6. The number of methoxy groups -OCH3 is 1. The first-order valence-electron chi connectivity index (χ1n) is 11.5. The van der Waals surface area contributed by atoms with Crippen LogP contribution in [0.1, 0.15) is 37.4 Å². The monoisotopic (exact) mass is 528 g/mol. The molecule has 4 rings (SSSR count). The van der Waals surface area contributed by atoms with Gasteiger partial charge in [0.1, 0.15) is 23.6 Å². The van der Waals surface area contributed by atoms with Crippen molar-refractivity contribution < 1.29 is 22.7 Å². The standard InChI is InChI=1S/C27H29ClN2O5S/c1-18-5-12-22(13-6-18)36(32,33)30(20-9-7-19(28)8-10-20)17-26(31)29-24-16-27(2,3)35-25-14-11-21(34-4)15-23(24)25/h5-15,24H,16-17H2,1-4H3,(H,29,31). The Hall–Kier alpha value is -3.23. The zero-order valence-electron chi connectivity index (χ0n) is 20.6. The molecule has 1 aliphatic heterocycles. The lowest BCUT2D eigenvalue weighted by Crippen LogP contribution is -2.45. The van der Waals surface area contributed by atoms with Gasteiger partial charge >= 0.3 is 0 Å². The number of anilines is 1. The Balaban J connectivity index is 1.65. The number of nitrogens with zero attached hydrogens (tertiary/aromatic N) is 1. The van der Waals surface area contributed by atoms with Crippen molar-refractivity contribution in [3.8, 4) is 11.5 Å². The number of halogens is 1. The van der Waals surface area contributed by atoms with E-state index in [1.807, 2.05) is 32.9 Å². The zero-order chi connectivity index (χ0) is 26.1. The summed E-state index contributed by atoms with van der Waals surface area (Å²) in [5.74, 6) is 0.845. The van der Waals surface area contributed by atoms with Crippen LogP contribution in [0.15, 0.2) is 71.6 Å². The summed E-state index contributed by atoms with van der Waals surface area (Å²) < 4.78 is 39.8. The van der Waals surface area contributed by atoms with E-state index in [1.54, 1.807) is 49.6 Å². The van der Waals surface area contributed by atoms with E-state index >= 15 is 0 Å². The molecule has 0 fully saturated rings. The van der Waals surface area contributed by atoms with Gasteiger partial charge in [-0.05, 0) is 75.4 Å². The number of nitrogens with one attached hydrogen (secondary N) is 1. The third-order valence-corrected chi connectivity index (χ3v) is 8.06. The lowest BCUT2D eigenvalue weighted by Gasteiger charge is -2.38. The van der Waals surface area contributed by atoms with Gasteiger partial charge in [-0.1, -0.05) is 29.3 Å². The lowest BCUT2D eigenvalue weighted by molar-refractivity contribution is -0.120. The lowest BCUT2D eigenvalue weighted by atomic mass is 9.89. The van der Waals surface area contributed by atoms with Crippen LogP contribution in [0.5, 0.6) is 11.5 Å². The third kappa shape index (κ3) is 5.60. The largest absolute Gasteiger partial charge is 0.497 e. The summed E-state index contributed by atoms with van der Waals surface area (Å²) in [5, 5.41) is 3.48. The minimum Gasteiger partial charge on any atom is -0.497 e. The molecule has 1 N–H and O–H groups in total. The molecule has 0 saturated carbocycles. The van der Waals surface area contributed by atoms with Gasteiger partial charge in [-0.15, -0.1) is 0 Å². The van der Waals surface area contributed by atoms with Crippen LogP contribution < -0.4 is 19.1 Å². The quantitative estimate of drug-likeness (QED) is 0.451. The number of amides is 1. The Kier molecular flexibility index (Phi) is 7.20. The number of aryl methyl sites for hydroxylation is 1. The number of hydrogen-bond acceptors (Lipinski definition) is 5. The Labute approximate surface area is 217 Å². The molecule has 3 aromatic rings. The predicted octanol–water partition coefficient (Wildman–Crippen LogP) is 5.27. The van der Waals surface area contributed by atoms with Crippen molar-refractivity contribution in [2.24, 2.45) is 0 Å². The summed E-state index contributed by atoms with van der Waals surface area (Å²) in [6, 6.07) is 17.9. The fourth-order valence-electron chi connectivity index (χ4n) is 4.22. The Morgan fingerprint density at radius 1 is 1.11 bits per heavy atom. The van der Waals surface area contributed by atoms with Crippen molar-refractivity contribution in [1.29, 1.82) is 0 Å². The molecule has 1 unspecified atom stereocenters. The predicted molar refractivity (Wildman–Crippen MR) is 140 cm³/mol. The number of carbonyl (C=O) groups is 1. The third-order valence-electron chi connectivity index (χ3n) is 6.02. The number of benzene rings is 3. The van der Waals surface area contributed by atoms with E-state index in [0.717, 1.165) is 15.4 Å². The van der Waals surface area contributed by atoms with Gasteiger partial charge in [-0.2, -0.15) is 0 Å². The molecule has 9 heteroatoms. The van der Waals surface area contributed by atoms with Gasteiger partial charge in [-0.25, -0.2) is 8.42 Å². The van der Waals surface area contributed by atoms with E-state index in [-0.39, 0.29) is 10.9 Å². The van der Waals surface area contributed by atoms with Crippen LogP contribution in [-0.4, -0.2) is 33.6 Å². The van der Waals surface area contributed by atoms with E-state index in [0.29, 0.717) is 28.6 Å². The highest BCUT2D eigenvalue weighted by molar-refractivity contribution is 7.92. The number of sulfonamides is 1. The van der Waals surface area contributed by atoms with Gasteiger partial charge in [0, 0.05) is 17.0 Å². The number of hydrogen-bond donors (Lipinski definition) is 1. The minimum absolute atomic E-state index is 0.0955. The molecule has 1 amide bonds. The van der Waals surface area contributed by atoms with Gasteiger partial charge < -0.3 is 14.8 Å². The topological polar surface area (TPSA) is 84.9 Å². The van der Waals surface area contributed by atoms with E-state index < -0.39 is 28.1 Å². The fraction of sp³-hybridized carbons (Fsp3) is 0.296. The van der Waals surface area contributed by atoms with Crippen LogP contribution in [0, 0.1) is 6.92 Å². The molecular weight excluding hydrogens is 500 g/mol. The average molecular weight is 529 g/mol. The molecule has 7 nitrogen and oxygen atoms in total. The Bertz CT molecular complexity index is 1360. The second-order valence-electron chi connectivity index (χ2n) is 9.39. The summed E-state index contributed by atoms with van der Waals surface area (Å²) in [7, 11) is -2.46. The highest BCUT2D eigenvalue weighted by Crippen LogP contribution is 2.41. The van der Waals surface area contributed by atoms with Crippen molar-refractivity contribution in [2.45, 2.75) is 43.7 Å². The molecule has 3 aromatic carbocycles. The highest BCUT2D eigenvalue weighted by Gasteiger charge is 2.36. The Morgan fingerprint density at radius 2 is 1.78 bits per heavy atom. The summed E-state index contributed by atoms with van der Waals surface area (Å²) in [5.41, 5.74) is 1.52. The van der Waals surface area contributed by atoms with Crippen molar-refractivity contribution in [1.82, 2.24) is 5.32 Å². The van der Waals surface area contributed by atoms with Crippen LogP contribution in [0.3, 0.4) is 0 Å². The molecule has 0 spiro atoms. The molecular formula is C27H29ClN2O5S. The second-order valence-corrected chi connectivity index (χ2v) is 11.7. The fourth-order valence-corrected chi connectivity index (χ4v) is 5.77. The summed E-state index contributed by atoms with van der Waals surface area (Å²) >= 11 is 6.03. The van der Waals surface area contributed by atoms with Gasteiger partial charge in [0.15, 0.2) is 0 Å². The number of rotatable bonds is 7. The van der Waals surface area contributed by atoms with Gasteiger partial charge in [0.2, 0.25) is 5.91 Å². The minimum atomic E-state index is -4.03. The van der Waals surface area contributed by atoms with Gasteiger partial charge in [-0.3, -0.25) is 9.10 Å². The molecule has 1 heterocycles. The maximum Gasteiger partial charge on any atom is 0.264 e. The number of fused-ring (bicyclic) bond motifs is 1. The van der Waals surface area contributed by atoms with E-state index in [1.165, 1.54) is 12.1 Å². The maximum absolute atomic E-state index is 13.6. The van der Waals surface area contributed by atoms with Crippen LogP contribution in [0.4, 0.5) is 5.69 Å². The normalized spacial score (nSPS) is 16.4. The van der Waals surface area contributed by atoms with Crippen molar-refractivity contribution >= 4 is 33.2 Å². The van der Waals surface area contributed by atoms with Gasteiger partial charge in [0.05, 0.1) is 23.7 Å². The van der Waals surface area contributed by atoms with Crippen molar-refractivity contribution in [2.75, 3.05) is 18.0 Å². The van der Waals surface area contributed by atoms with E-state index in [9.17, 15) is 13.2 Å². The van der Waals surface area contributed by atoms with Crippen LogP contribution in [0.25, 0.3) is 0 Å².